The third-order valence-corrected chi connectivity index (χ3v) is 2.91. The number of hydrogen-bond acceptors (Lipinski definition) is 3. The first-order chi connectivity index (χ1) is 7.70. The Morgan fingerprint density at radius 1 is 1.44 bits per heavy atom. The zero-order chi connectivity index (χ0) is 11.5. The molecule has 0 aliphatic carbocycles. The van der Waals surface area contributed by atoms with Crippen molar-refractivity contribution in [3.63, 3.8) is 0 Å². The van der Waals surface area contributed by atoms with Gasteiger partial charge in [0, 0.05) is 13.0 Å². The fourth-order valence-electron chi connectivity index (χ4n) is 1.94. The van der Waals surface area contributed by atoms with Crippen LogP contribution in [0.2, 0.25) is 0 Å². The molecular weight excluding hydrogens is 204 g/mol. The van der Waals surface area contributed by atoms with Gasteiger partial charge in [-0.2, -0.15) is 0 Å². The van der Waals surface area contributed by atoms with Gasteiger partial charge in [0.15, 0.2) is 0 Å². The van der Waals surface area contributed by atoms with Crippen molar-refractivity contribution >= 4 is 5.91 Å². The van der Waals surface area contributed by atoms with Crippen molar-refractivity contribution < 1.29 is 9.53 Å². The van der Waals surface area contributed by atoms with Crippen LogP contribution in [0, 0.1) is 5.92 Å². The second-order valence-electron chi connectivity index (χ2n) is 4.14. The molecule has 2 N–H and O–H groups in total. The number of hydrazine groups is 1. The lowest BCUT2D eigenvalue weighted by Gasteiger charge is -2.34. The molecule has 86 valence electrons. The van der Waals surface area contributed by atoms with Crippen molar-refractivity contribution in [3.05, 3.63) is 35.9 Å². The topological polar surface area (TPSA) is 55.6 Å². The number of ether oxygens (including phenoxy) is 1. The van der Waals surface area contributed by atoms with Crippen LogP contribution in [-0.2, 0) is 9.53 Å². The van der Waals surface area contributed by atoms with Gasteiger partial charge in [0.05, 0.1) is 19.1 Å². The van der Waals surface area contributed by atoms with Crippen LogP contribution in [0.25, 0.3) is 0 Å². The van der Waals surface area contributed by atoms with E-state index in [-0.39, 0.29) is 17.7 Å². The Balaban J connectivity index is 2.24. The molecule has 1 aromatic carbocycles. The molecule has 1 amide bonds. The number of likely N-dealkylation sites (N-methyl/N-ethyl adjacent to an activating group) is 1. The highest BCUT2D eigenvalue weighted by atomic mass is 16.5. The first kappa shape index (κ1) is 11.1. The first-order valence-electron chi connectivity index (χ1n) is 5.35. The standard InChI is InChI=1S/C12H16N2O2/c1-14(13)12(15)11(10-7-16-8-10)9-5-3-2-4-6-9/h2-6,10-11H,7-8,13H2,1H3/t11-/m0/s1. The fraction of sp³-hybridized carbons (Fsp3) is 0.417. The van der Waals surface area contributed by atoms with Gasteiger partial charge in [-0.15, -0.1) is 0 Å². The molecule has 1 atom stereocenters. The Morgan fingerprint density at radius 3 is 2.50 bits per heavy atom. The van der Waals surface area contributed by atoms with Crippen LogP contribution in [0.15, 0.2) is 30.3 Å². The molecule has 1 aliphatic heterocycles. The number of hydrogen-bond donors (Lipinski definition) is 1. The van der Waals surface area contributed by atoms with Gasteiger partial charge >= 0.3 is 0 Å². The summed E-state index contributed by atoms with van der Waals surface area (Å²) in [6.07, 6.45) is 0. The summed E-state index contributed by atoms with van der Waals surface area (Å²) < 4.78 is 5.16. The number of carbonyl (C=O) groups is 1. The zero-order valence-electron chi connectivity index (χ0n) is 9.30. The monoisotopic (exact) mass is 220 g/mol. The molecule has 16 heavy (non-hydrogen) atoms. The molecule has 2 rings (SSSR count). The minimum atomic E-state index is -0.176. The summed E-state index contributed by atoms with van der Waals surface area (Å²) in [6, 6.07) is 9.74. The van der Waals surface area contributed by atoms with Gasteiger partial charge in [-0.05, 0) is 5.56 Å². The summed E-state index contributed by atoms with van der Waals surface area (Å²) in [5.74, 6) is 5.55. The van der Waals surface area contributed by atoms with Gasteiger partial charge < -0.3 is 4.74 Å². The van der Waals surface area contributed by atoms with Crippen molar-refractivity contribution in [2.24, 2.45) is 11.8 Å². The van der Waals surface area contributed by atoms with Crippen molar-refractivity contribution in [1.82, 2.24) is 5.01 Å². The molecule has 0 radical (unpaired) electrons. The molecule has 1 aromatic rings. The lowest BCUT2D eigenvalue weighted by Crippen LogP contribution is -2.44. The third kappa shape index (κ3) is 2.08. The molecule has 1 fully saturated rings. The quantitative estimate of drug-likeness (QED) is 0.464. The molecule has 0 unspecified atom stereocenters. The number of carbonyl (C=O) groups excluding carboxylic acids is 1. The fourth-order valence-corrected chi connectivity index (χ4v) is 1.94. The van der Waals surface area contributed by atoms with E-state index in [4.69, 9.17) is 10.6 Å². The highest BCUT2D eigenvalue weighted by Gasteiger charge is 2.35. The van der Waals surface area contributed by atoms with Gasteiger partial charge in [0.1, 0.15) is 0 Å². The number of rotatable bonds is 3. The molecule has 1 saturated heterocycles. The Labute approximate surface area is 95.0 Å². The number of nitrogens with zero attached hydrogens (tertiary/aromatic N) is 1. The van der Waals surface area contributed by atoms with Crippen LogP contribution in [0.3, 0.4) is 0 Å². The SMILES string of the molecule is CN(N)C(=O)[C@@H](c1ccccc1)C1COC1. The van der Waals surface area contributed by atoms with Gasteiger partial charge in [-0.25, -0.2) is 5.84 Å². The average molecular weight is 220 g/mol. The molecule has 0 bridgehead atoms. The van der Waals surface area contributed by atoms with Crippen molar-refractivity contribution in [3.8, 4) is 0 Å². The molecule has 4 heteroatoms. The van der Waals surface area contributed by atoms with E-state index in [2.05, 4.69) is 0 Å². The van der Waals surface area contributed by atoms with Gasteiger partial charge in [0.2, 0.25) is 5.91 Å². The van der Waals surface area contributed by atoms with E-state index in [1.807, 2.05) is 30.3 Å². The van der Waals surface area contributed by atoms with E-state index >= 15 is 0 Å². The van der Waals surface area contributed by atoms with E-state index < -0.39 is 0 Å². The van der Waals surface area contributed by atoms with Gasteiger partial charge in [-0.3, -0.25) is 9.80 Å². The number of benzene rings is 1. The summed E-state index contributed by atoms with van der Waals surface area (Å²) in [5.41, 5.74) is 1.01. The predicted molar refractivity (Wildman–Crippen MR) is 60.4 cm³/mol. The van der Waals surface area contributed by atoms with Crippen LogP contribution in [0.1, 0.15) is 11.5 Å². The minimum Gasteiger partial charge on any atom is -0.381 e. The van der Waals surface area contributed by atoms with Crippen LogP contribution >= 0.6 is 0 Å². The third-order valence-electron chi connectivity index (χ3n) is 2.91. The Hall–Kier alpha value is -1.39. The number of amides is 1. The molecule has 1 aliphatic rings. The van der Waals surface area contributed by atoms with E-state index in [9.17, 15) is 4.79 Å². The van der Waals surface area contributed by atoms with Gasteiger partial charge in [0.25, 0.3) is 0 Å². The summed E-state index contributed by atoms with van der Waals surface area (Å²) in [4.78, 5) is 12.0. The molecule has 0 saturated carbocycles. The second-order valence-corrected chi connectivity index (χ2v) is 4.14. The predicted octanol–water partition coefficient (Wildman–Crippen LogP) is 0.749. The Morgan fingerprint density at radius 2 is 2.06 bits per heavy atom. The van der Waals surface area contributed by atoms with Crippen molar-refractivity contribution in [1.29, 1.82) is 0 Å². The van der Waals surface area contributed by atoms with Crippen LogP contribution in [0.5, 0.6) is 0 Å². The largest absolute Gasteiger partial charge is 0.381 e. The Kier molecular flexibility index (Phi) is 3.22. The maximum Gasteiger partial charge on any atom is 0.244 e. The van der Waals surface area contributed by atoms with E-state index in [1.54, 1.807) is 7.05 Å². The van der Waals surface area contributed by atoms with E-state index in [1.165, 1.54) is 0 Å². The molecule has 4 nitrogen and oxygen atoms in total. The van der Waals surface area contributed by atoms with Crippen LogP contribution < -0.4 is 5.84 Å². The smallest absolute Gasteiger partial charge is 0.244 e. The van der Waals surface area contributed by atoms with Crippen LogP contribution in [-0.4, -0.2) is 31.2 Å². The summed E-state index contributed by atoms with van der Waals surface area (Å²) in [6.45, 7) is 1.28. The summed E-state index contributed by atoms with van der Waals surface area (Å²) in [5, 5.41) is 1.16. The van der Waals surface area contributed by atoms with E-state index in [0.717, 1.165) is 10.6 Å². The summed E-state index contributed by atoms with van der Waals surface area (Å²) >= 11 is 0. The Bertz CT molecular complexity index is 361. The molecule has 0 aromatic heterocycles. The highest BCUT2D eigenvalue weighted by molar-refractivity contribution is 5.83. The first-order valence-corrected chi connectivity index (χ1v) is 5.35. The zero-order valence-corrected chi connectivity index (χ0v) is 9.30. The highest BCUT2D eigenvalue weighted by Crippen LogP contribution is 2.31. The molecule has 1 heterocycles. The average Bonchev–Trinajstić information content (AvgIpc) is 2.23. The normalized spacial score (nSPS) is 17.6. The van der Waals surface area contributed by atoms with Crippen LogP contribution in [0.4, 0.5) is 0 Å². The maximum absolute atomic E-state index is 12.0. The van der Waals surface area contributed by atoms with E-state index in [0.29, 0.717) is 13.2 Å². The summed E-state index contributed by atoms with van der Waals surface area (Å²) in [7, 11) is 1.58. The molecule has 0 spiro atoms. The molecular formula is C12H16N2O2. The lowest BCUT2D eigenvalue weighted by molar-refractivity contribution is -0.138. The van der Waals surface area contributed by atoms with Crippen molar-refractivity contribution in [2.75, 3.05) is 20.3 Å². The minimum absolute atomic E-state index is 0.0560. The van der Waals surface area contributed by atoms with Gasteiger partial charge in [-0.1, -0.05) is 30.3 Å². The number of nitrogens with two attached hydrogens (primary N) is 1. The maximum atomic E-state index is 12.0. The second kappa shape index (κ2) is 4.63. The lowest BCUT2D eigenvalue weighted by atomic mass is 9.84. The van der Waals surface area contributed by atoms with Crippen molar-refractivity contribution in [2.45, 2.75) is 5.92 Å².